The molecule has 3 rings (SSSR count). The zero-order valence-corrected chi connectivity index (χ0v) is 8.77. The molecule has 2 heterocycles. The van der Waals surface area contributed by atoms with Crippen LogP contribution in [0.3, 0.4) is 0 Å². The maximum Gasteiger partial charge on any atom is 0.230 e. The minimum atomic E-state index is 0.0431. The van der Waals surface area contributed by atoms with Crippen LogP contribution in [0, 0.1) is 0 Å². The van der Waals surface area contributed by atoms with Gasteiger partial charge in [-0.15, -0.1) is 0 Å². The maximum absolute atomic E-state index is 11.7. The molecule has 1 aliphatic heterocycles. The average molecular weight is 218 g/mol. The summed E-state index contributed by atoms with van der Waals surface area (Å²) in [5, 5.41) is 0. The van der Waals surface area contributed by atoms with Crippen LogP contribution in [0.15, 0.2) is 22.9 Å². The number of hydrogen-bond acceptors (Lipinski definition) is 4. The number of amides is 1. The number of hydrogen-bond donors (Lipinski definition) is 0. The number of fused-ring (bicyclic) bond motifs is 2. The molecule has 0 fully saturated rings. The molecule has 82 valence electrons. The lowest BCUT2D eigenvalue weighted by Gasteiger charge is -2.15. The van der Waals surface area contributed by atoms with Crippen LogP contribution in [0.2, 0.25) is 0 Å². The third-order valence-electron chi connectivity index (χ3n) is 2.72. The second-order valence-corrected chi connectivity index (χ2v) is 3.69. The van der Waals surface area contributed by atoms with E-state index in [0.717, 1.165) is 11.2 Å². The molecule has 0 unspecified atom stereocenters. The van der Waals surface area contributed by atoms with E-state index in [1.54, 1.807) is 24.1 Å². The molecule has 1 aromatic carbocycles. The number of aromatic nitrogens is 1. The van der Waals surface area contributed by atoms with Gasteiger partial charge in [-0.2, -0.15) is 0 Å². The molecule has 0 bridgehead atoms. The van der Waals surface area contributed by atoms with Gasteiger partial charge in [-0.1, -0.05) is 0 Å². The van der Waals surface area contributed by atoms with Gasteiger partial charge >= 0.3 is 0 Å². The Labute approximate surface area is 91.6 Å². The standard InChI is InChI=1S/C11H10N2O3/c1-13-8-4-7-9(16-6-12-7)5-10(8)15-3-2-11(13)14/h4-6H,2-3H2,1H3. The Bertz CT molecular complexity index is 561. The molecule has 16 heavy (non-hydrogen) atoms. The third-order valence-corrected chi connectivity index (χ3v) is 2.72. The van der Waals surface area contributed by atoms with Gasteiger partial charge in [-0.3, -0.25) is 4.79 Å². The van der Waals surface area contributed by atoms with Crippen molar-refractivity contribution in [1.29, 1.82) is 0 Å². The van der Waals surface area contributed by atoms with Gasteiger partial charge in [0.25, 0.3) is 0 Å². The molecule has 5 heteroatoms. The molecule has 1 amide bonds. The number of oxazole rings is 1. The quantitative estimate of drug-likeness (QED) is 0.673. The fourth-order valence-corrected chi connectivity index (χ4v) is 1.80. The Kier molecular flexibility index (Phi) is 1.86. The summed E-state index contributed by atoms with van der Waals surface area (Å²) in [4.78, 5) is 17.3. The highest BCUT2D eigenvalue weighted by Crippen LogP contribution is 2.34. The predicted molar refractivity (Wildman–Crippen MR) is 57.5 cm³/mol. The highest BCUT2D eigenvalue weighted by Gasteiger charge is 2.21. The number of ether oxygens (including phenoxy) is 1. The van der Waals surface area contributed by atoms with Crippen molar-refractivity contribution in [3.05, 3.63) is 18.5 Å². The van der Waals surface area contributed by atoms with E-state index in [1.807, 2.05) is 0 Å². The Morgan fingerprint density at radius 3 is 3.19 bits per heavy atom. The van der Waals surface area contributed by atoms with Crippen LogP contribution in [-0.2, 0) is 4.79 Å². The monoisotopic (exact) mass is 218 g/mol. The third kappa shape index (κ3) is 1.25. The van der Waals surface area contributed by atoms with E-state index >= 15 is 0 Å². The summed E-state index contributed by atoms with van der Waals surface area (Å²) in [5.74, 6) is 0.708. The summed E-state index contributed by atoms with van der Waals surface area (Å²) >= 11 is 0. The van der Waals surface area contributed by atoms with Crippen molar-refractivity contribution in [3.8, 4) is 5.75 Å². The topological polar surface area (TPSA) is 55.6 Å². The molecule has 1 aromatic heterocycles. The molecule has 0 atom stereocenters. The van der Waals surface area contributed by atoms with Crippen molar-refractivity contribution in [2.45, 2.75) is 6.42 Å². The largest absolute Gasteiger partial charge is 0.491 e. The summed E-state index contributed by atoms with van der Waals surface area (Å²) in [5.41, 5.74) is 2.13. The molecule has 0 spiro atoms. The first-order chi connectivity index (χ1) is 7.75. The molecule has 1 aliphatic rings. The summed E-state index contributed by atoms with van der Waals surface area (Å²) in [7, 11) is 1.74. The van der Waals surface area contributed by atoms with E-state index in [1.165, 1.54) is 6.39 Å². The first kappa shape index (κ1) is 9.21. The maximum atomic E-state index is 11.7. The van der Waals surface area contributed by atoms with Crippen LogP contribution >= 0.6 is 0 Å². The Morgan fingerprint density at radius 2 is 2.31 bits per heavy atom. The van der Waals surface area contributed by atoms with E-state index in [4.69, 9.17) is 9.15 Å². The number of carbonyl (C=O) groups excluding carboxylic acids is 1. The second kappa shape index (κ2) is 3.23. The van der Waals surface area contributed by atoms with Gasteiger partial charge in [0.1, 0.15) is 11.3 Å². The zero-order valence-electron chi connectivity index (χ0n) is 8.77. The van der Waals surface area contributed by atoms with Gasteiger partial charge in [0.05, 0.1) is 18.7 Å². The van der Waals surface area contributed by atoms with Crippen LogP contribution in [0.1, 0.15) is 6.42 Å². The van der Waals surface area contributed by atoms with Gasteiger partial charge in [-0.05, 0) is 6.07 Å². The lowest BCUT2D eigenvalue weighted by atomic mass is 10.2. The van der Waals surface area contributed by atoms with Crippen molar-refractivity contribution in [3.63, 3.8) is 0 Å². The summed E-state index contributed by atoms with van der Waals surface area (Å²) in [6.07, 6.45) is 1.77. The minimum Gasteiger partial charge on any atom is -0.491 e. The Hall–Kier alpha value is -2.04. The fourth-order valence-electron chi connectivity index (χ4n) is 1.80. The second-order valence-electron chi connectivity index (χ2n) is 3.69. The number of anilines is 1. The number of carbonyl (C=O) groups is 1. The molecular formula is C11H10N2O3. The van der Waals surface area contributed by atoms with Gasteiger partial charge < -0.3 is 14.1 Å². The van der Waals surface area contributed by atoms with E-state index in [-0.39, 0.29) is 5.91 Å². The van der Waals surface area contributed by atoms with Crippen molar-refractivity contribution in [2.75, 3.05) is 18.6 Å². The highest BCUT2D eigenvalue weighted by molar-refractivity contribution is 5.97. The number of rotatable bonds is 0. The molecule has 5 nitrogen and oxygen atoms in total. The van der Waals surface area contributed by atoms with Crippen molar-refractivity contribution >= 4 is 22.7 Å². The summed E-state index contributed by atoms with van der Waals surface area (Å²) < 4.78 is 10.7. The van der Waals surface area contributed by atoms with E-state index in [9.17, 15) is 4.79 Å². The molecule has 0 N–H and O–H groups in total. The van der Waals surface area contributed by atoms with Gasteiger partial charge in [-0.25, -0.2) is 4.98 Å². The molecule has 2 aromatic rings. The van der Waals surface area contributed by atoms with Gasteiger partial charge in [0, 0.05) is 13.1 Å². The first-order valence-corrected chi connectivity index (χ1v) is 5.02. The zero-order chi connectivity index (χ0) is 11.1. The Balaban J connectivity index is 2.23. The number of nitrogens with zero attached hydrogens (tertiary/aromatic N) is 2. The van der Waals surface area contributed by atoms with Gasteiger partial charge in [0.2, 0.25) is 5.91 Å². The molecule has 0 radical (unpaired) electrons. The fraction of sp³-hybridized carbons (Fsp3) is 0.273. The lowest BCUT2D eigenvalue weighted by Crippen LogP contribution is -2.25. The molecule has 0 saturated carbocycles. The molecule has 0 aliphatic carbocycles. The van der Waals surface area contributed by atoms with Crippen LogP contribution in [0.4, 0.5) is 5.69 Å². The summed E-state index contributed by atoms with van der Waals surface area (Å²) in [6.45, 7) is 0.399. The van der Waals surface area contributed by atoms with Crippen molar-refractivity contribution in [1.82, 2.24) is 4.98 Å². The predicted octanol–water partition coefficient (Wildman–Crippen LogP) is 1.57. The SMILES string of the molecule is CN1C(=O)CCOc2cc3ocnc3cc21. The minimum absolute atomic E-state index is 0.0431. The first-order valence-electron chi connectivity index (χ1n) is 5.02. The average Bonchev–Trinajstić information content (AvgIpc) is 2.68. The molecule has 0 saturated heterocycles. The highest BCUT2D eigenvalue weighted by atomic mass is 16.5. The van der Waals surface area contributed by atoms with Crippen LogP contribution < -0.4 is 9.64 Å². The summed E-state index contributed by atoms with van der Waals surface area (Å²) in [6, 6.07) is 3.57. The van der Waals surface area contributed by atoms with E-state index < -0.39 is 0 Å². The van der Waals surface area contributed by atoms with Crippen molar-refractivity contribution in [2.24, 2.45) is 0 Å². The number of benzene rings is 1. The van der Waals surface area contributed by atoms with Crippen LogP contribution in [0.5, 0.6) is 5.75 Å². The normalized spacial score (nSPS) is 15.8. The van der Waals surface area contributed by atoms with E-state index in [2.05, 4.69) is 4.98 Å². The molecular weight excluding hydrogens is 208 g/mol. The van der Waals surface area contributed by atoms with Gasteiger partial charge in [0.15, 0.2) is 12.0 Å². The van der Waals surface area contributed by atoms with E-state index in [0.29, 0.717) is 24.4 Å². The smallest absolute Gasteiger partial charge is 0.230 e. The van der Waals surface area contributed by atoms with Crippen molar-refractivity contribution < 1.29 is 13.9 Å². The van der Waals surface area contributed by atoms with Crippen LogP contribution in [0.25, 0.3) is 11.1 Å². The Morgan fingerprint density at radius 1 is 1.44 bits per heavy atom. The lowest BCUT2D eigenvalue weighted by molar-refractivity contribution is -0.118. The van der Waals surface area contributed by atoms with Crippen LogP contribution in [-0.4, -0.2) is 24.5 Å².